The summed E-state index contributed by atoms with van der Waals surface area (Å²) < 4.78 is 5.61. The van der Waals surface area contributed by atoms with Crippen molar-refractivity contribution in [2.45, 2.75) is 32.6 Å². The lowest BCUT2D eigenvalue weighted by Crippen LogP contribution is -2.14. The molecule has 0 amide bonds. The topological polar surface area (TPSA) is 25.2 Å². The summed E-state index contributed by atoms with van der Waals surface area (Å²) in [5.74, 6) is 3.01. The van der Waals surface area contributed by atoms with Gasteiger partial charge in [-0.15, -0.1) is 0 Å². The fourth-order valence-corrected chi connectivity index (χ4v) is 2.17. The molecule has 2 heteroatoms. The summed E-state index contributed by atoms with van der Waals surface area (Å²) in [4.78, 5) is 0. The quantitative estimate of drug-likeness (QED) is 0.780. The number of furan rings is 1. The number of nitrogens with one attached hydrogen (secondary N) is 1. The first-order valence-corrected chi connectivity index (χ1v) is 5.60. The van der Waals surface area contributed by atoms with Crippen LogP contribution in [0.3, 0.4) is 0 Å². The Hall–Kier alpha value is -0.760. The van der Waals surface area contributed by atoms with Gasteiger partial charge in [0.05, 0.1) is 0 Å². The first-order valence-electron chi connectivity index (χ1n) is 5.60. The highest BCUT2D eigenvalue weighted by Crippen LogP contribution is 2.20. The van der Waals surface area contributed by atoms with Gasteiger partial charge in [0.15, 0.2) is 0 Å². The summed E-state index contributed by atoms with van der Waals surface area (Å²) in [7, 11) is 0. The monoisotopic (exact) mass is 193 g/mol. The lowest BCUT2D eigenvalue weighted by Gasteiger charge is -2.10. The van der Waals surface area contributed by atoms with Gasteiger partial charge in [-0.2, -0.15) is 0 Å². The van der Waals surface area contributed by atoms with Gasteiger partial charge < -0.3 is 9.73 Å². The zero-order valence-corrected chi connectivity index (χ0v) is 8.88. The van der Waals surface area contributed by atoms with E-state index in [-0.39, 0.29) is 0 Å². The molecule has 0 aromatic carbocycles. The molecule has 1 fully saturated rings. The molecule has 0 spiro atoms. The molecular weight excluding hydrogens is 174 g/mol. The van der Waals surface area contributed by atoms with Crippen LogP contribution < -0.4 is 5.32 Å². The number of rotatable bonds is 2. The maximum atomic E-state index is 5.61. The molecule has 1 saturated heterocycles. The molecule has 2 rings (SSSR count). The number of hydrogen-bond acceptors (Lipinski definition) is 2. The predicted molar refractivity (Wildman–Crippen MR) is 57.4 cm³/mol. The van der Waals surface area contributed by atoms with Gasteiger partial charge in [0.2, 0.25) is 0 Å². The SMILES string of the molecule is Cc1ccc(CC2CCCNCC2)o1. The van der Waals surface area contributed by atoms with Crippen LogP contribution in [-0.2, 0) is 6.42 Å². The summed E-state index contributed by atoms with van der Waals surface area (Å²) in [6, 6.07) is 4.18. The smallest absolute Gasteiger partial charge is 0.104 e. The number of aryl methyl sites for hydroxylation is 1. The Balaban J connectivity index is 1.89. The van der Waals surface area contributed by atoms with Gasteiger partial charge in [-0.25, -0.2) is 0 Å². The molecule has 0 bridgehead atoms. The fourth-order valence-electron chi connectivity index (χ4n) is 2.17. The molecule has 1 aromatic rings. The lowest BCUT2D eigenvalue weighted by atomic mass is 9.96. The Morgan fingerprint density at radius 3 is 3.07 bits per heavy atom. The molecule has 1 aromatic heterocycles. The molecule has 2 nitrogen and oxygen atoms in total. The summed E-state index contributed by atoms with van der Waals surface area (Å²) >= 11 is 0. The average molecular weight is 193 g/mol. The van der Waals surface area contributed by atoms with Crippen LogP contribution in [0.4, 0.5) is 0 Å². The van der Waals surface area contributed by atoms with Crippen LogP contribution >= 0.6 is 0 Å². The largest absolute Gasteiger partial charge is 0.466 e. The standard InChI is InChI=1S/C12H19NO/c1-10-4-5-12(14-10)9-11-3-2-7-13-8-6-11/h4-5,11,13H,2-3,6-9H2,1H3. The van der Waals surface area contributed by atoms with E-state index in [1.165, 1.54) is 32.4 Å². The van der Waals surface area contributed by atoms with Crippen LogP contribution in [0.2, 0.25) is 0 Å². The van der Waals surface area contributed by atoms with E-state index >= 15 is 0 Å². The van der Waals surface area contributed by atoms with E-state index in [0.717, 1.165) is 23.9 Å². The molecule has 1 atom stereocenters. The van der Waals surface area contributed by atoms with Crippen molar-refractivity contribution in [2.75, 3.05) is 13.1 Å². The highest BCUT2D eigenvalue weighted by atomic mass is 16.3. The van der Waals surface area contributed by atoms with Crippen LogP contribution in [0.15, 0.2) is 16.5 Å². The van der Waals surface area contributed by atoms with Gasteiger partial charge in [-0.1, -0.05) is 0 Å². The third-order valence-corrected chi connectivity index (χ3v) is 2.98. The molecule has 1 aliphatic rings. The highest BCUT2D eigenvalue weighted by molar-refractivity contribution is 5.06. The second-order valence-electron chi connectivity index (χ2n) is 4.26. The summed E-state index contributed by atoms with van der Waals surface area (Å²) in [6.07, 6.45) is 5.06. The second kappa shape index (κ2) is 4.65. The maximum Gasteiger partial charge on any atom is 0.104 e. The van der Waals surface area contributed by atoms with Crippen LogP contribution in [0.25, 0.3) is 0 Å². The van der Waals surface area contributed by atoms with Gasteiger partial charge >= 0.3 is 0 Å². The van der Waals surface area contributed by atoms with Crippen molar-refractivity contribution in [2.24, 2.45) is 5.92 Å². The molecule has 1 unspecified atom stereocenters. The Morgan fingerprint density at radius 2 is 2.29 bits per heavy atom. The normalized spacial score (nSPS) is 23.4. The zero-order chi connectivity index (χ0) is 9.80. The van der Waals surface area contributed by atoms with Crippen molar-refractivity contribution < 1.29 is 4.42 Å². The van der Waals surface area contributed by atoms with E-state index in [4.69, 9.17) is 4.42 Å². The second-order valence-corrected chi connectivity index (χ2v) is 4.26. The molecule has 0 radical (unpaired) electrons. The lowest BCUT2D eigenvalue weighted by molar-refractivity contribution is 0.401. The third-order valence-electron chi connectivity index (χ3n) is 2.98. The summed E-state index contributed by atoms with van der Waals surface area (Å²) in [5.41, 5.74) is 0. The molecule has 78 valence electrons. The minimum absolute atomic E-state index is 0.815. The van der Waals surface area contributed by atoms with Crippen molar-refractivity contribution in [1.29, 1.82) is 0 Å². The first-order chi connectivity index (χ1) is 6.84. The van der Waals surface area contributed by atoms with Crippen LogP contribution in [-0.4, -0.2) is 13.1 Å². The van der Waals surface area contributed by atoms with Gasteiger partial charge in [0.1, 0.15) is 11.5 Å². The van der Waals surface area contributed by atoms with Gasteiger partial charge in [0, 0.05) is 6.42 Å². The molecular formula is C12H19NO. The van der Waals surface area contributed by atoms with Gasteiger partial charge in [-0.3, -0.25) is 0 Å². The highest BCUT2D eigenvalue weighted by Gasteiger charge is 2.13. The molecule has 0 aliphatic carbocycles. The van der Waals surface area contributed by atoms with E-state index in [9.17, 15) is 0 Å². The van der Waals surface area contributed by atoms with Crippen molar-refractivity contribution in [3.05, 3.63) is 23.7 Å². The Morgan fingerprint density at radius 1 is 1.36 bits per heavy atom. The molecule has 2 heterocycles. The third kappa shape index (κ3) is 2.61. The molecule has 1 aliphatic heterocycles. The Kier molecular flexibility index (Phi) is 3.25. The van der Waals surface area contributed by atoms with Gasteiger partial charge in [-0.05, 0) is 57.3 Å². The number of hydrogen-bond donors (Lipinski definition) is 1. The maximum absolute atomic E-state index is 5.61. The van der Waals surface area contributed by atoms with E-state index < -0.39 is 0 Å². The minimum atomic E-state index is 0.815. The molecule has 0 saturated carbocycles. The van der Waals surface area contributed by atoms with Crippen LogP contribution in [0, 0.1) is 12.8 Å². The Labute approximate surface area is 85.7 Å². The van der Waals surface area contributed by atoms with Crippen molar-refractivity contribution >= 4 is 0 Å². The van der Waals surface area contributed by atoms with Crippen LogP contribution in [0.5, 0.6) is 0 Å². The Bertz CT molecular complexity index is 272. The average Bonchev–Trinajstić information content (AvgIpc) is 2.43. The van der Waals surface area contributed by atoms with E-state index in [2.05, 4.69) is 17.4 Å². The fraction of sp³-hybridized carbons (Fsp3) is 0.667. The molecule has 14 heavy (non-hydrogen) atoms. The van der Waals surface area contributed by atoms with E-state index in [1.54, 1.807) is 0 Å². The predicted octanol–water partition coefficient (Wildman–Crippen LogP) is 2.52. The van der Waals surface area contributed by atoms with Crippen molar-refractivity contribution in [3.63, 3.8) is 0 Å². The minimum Gasteiger partial charge on any atom is -0.466 e. The van der Waals surface area contributed by atoms with Crippen LogP contribution in [0.1, 0.15) is 30.8 Å². The van der Waals surface area contributed by atoms with E-state index in [0.29, 0.717) is 0 Å². The van der Waals surface area contributed by atoms with Crippen molar-refractivity contribution in [1.82, 2.24) is 5.32 Å². The van der Waals surface area contributed by atoms with Crippen molar-refractivity contribution in [3.8, 4) is 0 Å². The first kappa shape index (κ1) is 9.78. The summed E-state index contributed by atoms with van der Waals surface area (Å²) in [6.45, 7) is 4.37. The van der Waals surface area contributed by atoms with Gasteiger partial charge in [0.25, 0.3) is 0 Å². The van der Waals surface area contributed by atoms with E-state index in [1.807, 2.05) is 6.92 Å². The molecule has 1 N–H and O–H groups in total. The zero-order valence-electron chi connectivity index (χ0n) is 8.88. The summed E-state index contributed by atoms with van der Waals surface area (Å²) in [5, 5.41) is 3.44.